The van der Waals surface area contributed by atoms with E-state index in [1.54, 1.807) is 30.3 Å². The lowest BCUT2D eigenvalue weighted by Crippen LogP contribution is -2.12. The normalized spacial score (nSPS) is 10.3. The van der Waals surface area contributed by atoms with E-state index in [0.29, 0.717) is 23.9 Å². The van der Waals surface area contributed by atoms with E-state index in [2.05, 4.69) is 5.32 Å². The summed E-state index contributed by atoms with van der Waals surface area (Å²) in [6.07, 6.45) is 0. The SMILES string of the molecule is OCc1ccc(Cl)c(NCCOc2ccc(F)cc2)c1. The third kappa shape index (κ3) is 4.11. The number of rotatable bonds is 6. The molecule has 0 unspecified atom stereocenters. The monoisotopic (exact) mass is 295 g/mol. The maximum absolute atomic E-state index is 12.7. The molecule has 0 atom stereocenters. The molecule has 0 saturated heterocycles. The summed E-state index contributed by atoms with van der Waals surface area (Å²) < 4.78 is 18.2. The summed E-state index contributed by atoms with van der Waals surface area (Å²) in [4.78, 5) is 0. The van der Waals surface area contributed by atoms with E-state index in [0.717, 1.165) is 11.3 Å². The Balaban J connectivity index is 1.82. The number of benzene rings is 2. The van der Waals surface area contributed by atoms with Gasteiger partial charge in [-0.25, -0.2) is 4.39 Å². The predicted octanol–water partition coefficient (Wildman–Crippen LogP) is 3.46. The highest BCUT2D eigenvalue weighted by Gasteiger charge is 2.01. The Hall–Kier alpha value is -1.78. The number of ether oxygens (including phenoxy) is 1. The van der Waals surface area contributed by atoms with Crippen LogP contribution >= 0.6 is 11.6 Å². The van der Waals surface area contributed by atoms with Crippen LogP contribution in [-0.4, -0.2) is 18.3 Å². The topological polar surface area (TPSA) is 41.5 Å². The molecule has 5 heteroatoms. The first-order valence-electron chi connectivity index (χ1n) is 6.20. The maximum atomic E-state index is 12.7. The summed E-state index contributed by atoms with van der Waals surface area (Å²) in [7, 11) is 0. The van der Waals surface area contributed by atoms with Gasteiger partial charge in [0, 0.05) is 6.54 Å². The largest absolute Gasteiger partial charge is 0.492 e. The Morgan fingerprint density at radius 3 is 2.60 bits per heavy atom. The van der Waals surface area contributed by atoms with Crippen molar-refractivity contribution >= 4 is 17.3 Å². The third-order valence-electron chi connectivity index (χ3n) is 2.71. The van der Waals surface area contributed by atoms with E-state index >= 15 is 0 Å². The molecule has 2 rings (SSSR count). The first-order valence-corrected chi connectivity index (χ1v) is 6.58. The average molecular weight is 296 g/mol. The molecule has 0 bridgehead atoms. The molecular formula is C15H15ClFNO2. The maximum Gasteiger partial charge on any atom is 0.123 e. The van der Waals surface area contributed by atoms with E-state index in [1.165, 1.54) is 12.1 Å². The van der Waals surface area contributed by atoms with Crippen LogP contribution in [0.2, 0.25) is 5.02 Å². The van der Waals surface area contributed by atoms with Crippen molar-refractivity contribution < 1.29 is 14.2 Å². The van der Waals surface area contributed by atoms with Crippen LogP contribution in [0.3, 0.4) is 0 Å². The number of halogens is 2. The minimum Gasteiger partial charge on any atom is -0.492 e. The molecule has 0 aliphatic heterocycles. The van der Waals surface area contributed by atoms with Crippen LogP contribution < -0.4 is 10.1 Å². The van der Waals surface area contributed by atoms with E-state index in [-0.39, 0.29) is 12.4 Å². The minimum absolute atomic E-state index is 0.0298. The lowest BCUT2D eigenvalue weighted by molar-refractivity contribution is 0.282. The number of hydrogen-bond acceptors (Lipinski definition) is 3. The summed E-state index contributed by atoms with van der Waals surface area (Å²) in [6, 6.07) is 11.1. The molecule has 0 aliphatic carbocycles. The van der Waals surface area contributed by atoms with Gasteiger partial charge in [-0.1, -0.05) is 17.7 Å². The first kappa shape index (κ1) is 14.6. The van der Waals surface area contributed by atoms with Crippen molar-refractivity contribution in [1.29, 1.82) is 0 Å². The average Bonchev–Trinajstić information content (AvgIpc) is 2.47. The van der Waals surface area contributed by atoms with Crippen LogP contribution in [0, 0.1) is 5.82 Å². The van der Waals surface area contributed by atoms with Gasteiger partial charge < -0.3 is 15.2 Å². The fourth-order valence-corrected chi connectivity index (χ4v) is 1.88. The van der Waals surface area contributed by atoms with Gasteiger partial charge in [-0.2, -0.15) is 0 Å². The molecule has 0 aliphatic rings. The van der Waals surface area contributed by atoms with Crippen molar-refractivity contribution in [2.75, 3.05) is 18.5 Å². The number of aliphatic hydroxyl groups excluding tert-OH is 1. The van der Waals surface area contributed by atoms with Gasteiger partial charge in [0.15, 0.2) is 0 Å². The molecular weight excluding hydrogens is 281 g/mol. The second kappa shape index (κ2) is 7.12. The zero-order chi connectivity index (χ0) is 14.4. The number of aliphatic hydroxyl groups is 1. The van der Waals surface area contributed by atoms with Crippen LogP contribution in [0.5, 0.6) is 5.75 Å². The summed E-state index contributed by atoms with van der Waals surface area (Å²) in [5, 5.41) is 12.8. The van der Waals surface area contributed by atoms with Crippen LogP contribution in [0.4, 0.5) is 10.1 Å². The summed E-state index contributed by atoms with van der Waals surface area (Å²) in [5.41, 5.74) is 1.54. The number of anilines is 1. The van der Waals surface area contributed by atoms with Gasteiger partial charge >= 0.3 is 0 Å². The van der Waals surface area contributed by atoms with Gasteiger partial charge in [-0.05, 0) is 42.0 Å². The Morgan fingerprint density at radius 2 is 1.90 bits per heavy atom. The quantitative estimate of drug-likeness (QED) is 0.802. The molecule has 0 amide bonds. The van der Waals surface area contributed by atoms with Gasteiger partial charge in [0.1, 0.15) is 18.2 Å². The van der Waals surface area contributed by atoms with Crippen molar-refractivity contribution in [3.63, 3.8) is 0 Å². The molecule has 0 fully saturated rings. The molecule has 0 aromatic heterocycles. The molecule has 20 heavy (non-hydrogen) atoms. The molecule has 2 aromatic rings. The van der Waals surface area contributed by atoms with Crippen LogP contribution in [0.1, 0.15) is 5.56 Å². The standard InChI is InChI=1S/C15H15ClFNO2/c16-14-6-1-11(10-19)9-15(14)18-7-8-20-13-4-2-12(17)3-5-13/h1-6,9,18-19H,7-8,10H2. The highest BCUT2D eigenvalue weighted by Crippen LogP contribution is 2.22. The summed E-state index contributed by atoms with van der Waals surface area (Å²) >= 11 is 6.04. The zero-order valence-corrected chi connectivity index (χ0v) is 11.5. The number of nitrogens with one attached hydrogen (secondary N) is 1. The molecule has 0 radical (unpaired) electrons. The van der Waals surface area contributed by atoms with Crippen molar-refractivity contribution in [2.45, 2.75) is 6.61 Å². The first-order chi connectivity index (χ1) is 9.69. The van der Waals surface area contributed by atoms with E-state index in [4.69, 9.17) is 21.4 Å². The molecule has 106 valence electrons. The Bertz CT molecular complexity index is 560. The zero-order valence-electron chi connectivity index (χ0n) is 10.8. The van der Waals surface area contributed by atoms with Gasteiger partial charge in [-0.3, -0.25) is 0 Å². The smallest absolute Gasteiger partial charge is 0.123 e. The van der Waals surface area contributed by atoms with Crippen molar-refractivity contribution in [3.05, 3.63) is 58.9 Å². The summed E-state index contributed by atoms with van der Waals surface area (Å²) in [5.74, 6) is 0.325. The highest BCUT2D eigenvalue weighted by atomic mass is 35.5. The molecule has 0 heterocycles. The molecule has 2 N–H and O–H groups in total. The number of hydrogen-bond donors (Lipinski definition) is 2. The highest BCUT2D eigenvalue weighted by molar-refractivity contribution is 6.33. The van der Waals surface area contributed by atoms with E-state index in [9.17, 15) is 4.39 Å². The Kier molecular flexibility index (Phi) is 5.21. The lowest BCUT2D eigenvalue weighted by atomic mass is 10.2. The second-order valence-corrected chi connectivity index (χ2v) is 4.61. The van der Waals surface area contributed by atoms with Gasteiger partial charge in [0.25, 0.3) is 0 Å². The molecule has 0 saturated carbocycles. The third-order valence-corrected chi connectivity index (χ3v) is 3.04. The van der Waals surface area contributed by atoms with Gasteiger partial charge in [0.2, 0.25) is 0 Å². The molecule has 0 spiro atoms. The van der Waals surface area contributed by atoms with E-state index in [1.807, 2.05) is 0 Å². The second-order valence-electron chi connectivity index (χ2n) is 4.20. The Labute approximate surface area is 122 Å². The molecule has 3 nitrogen and oxygen atoms in total. The lowest BCUT2D eigenvalue weighted by Gasteiger charge is -2.11. The molecule has 2 aromatic carbocycles. The van der Waals surface area contributed by atoms with Crippen LogP contribution in [0.25, 0.3) is 0 Å². The summed E-state index contributed by atoms with van der Waals surface area (Å²) in [6.45, 7) is 0.940. The van der Waals surface area contributed by atoms with Crippen molar-refractivity contribution in [1.82, 2.24) is 0 Å². The fourth-order valence-electron chi connectivity index (χ4n) is 1.69. The predicted molar refractivity (Wildman–Crippen MR) is 77.8 cm³/mol. The van der Waals surface area contributed by atoms with Crippen molar-refractivity contribution in [2.24, 2.45) is 0 Å². The van der Waals surface area contributed by atoms with Crippen LogP contribution in [0.15, 0.2) is 42.5 Å². The minimum atomic E-state index is -0.289. The van der Waals surface area contributed by atoms with Gasteiger partial charge in [0.05, 0.1) is 17.3 Å². The van der Waals surface area contributed by atoms with E-state index < -0.39 is 0 Å². The van der Waals surface area contributed by atoms with Crippen LogP contribution in [-0.2, 0) is 6.61 Å². The van der Waals surface area contributed by atoms with Gasteiger partial charge in [-0.15, -0.1) is 0 Å². The van der Waals surface area contributed by atoms with Crippen molar-refractivity contribution in [3.8, 4) is 5.75 Å². The Morgan fingerprint density at radius 1 is 1.15 bits per heavy atom. The fraction of sp³-hybridized carbons (Fsp3) is 0.200.